The van der Waals surface area contributed by atoms with Crippen molar-refractivity contribution in [1.82, 2.24) is 15.3 Å². The van der Waals surface area contributed by atoms with Gasteiger partial charge in [-0.3, -0.25) is 4.79 Å². The Morgan fingerprint density at radius 3 is 2.69 bits per heavy atom. The lowest BCUT2D eigenvalue weighted by Crippen LogP contribution is -2.30. The Bertz CT molecular complexity index is 958. The molecule has 1 aromatic heterocycles. The summed E-state index contributed by atoms with van der Waals surface area (Å²) in [5, 5.41) is 6.35. The molecule has 0 radical (unpaired) electrons. The molecule has 4 N–H and O–H groups in total. The van der Waals surface area contributed by atoms with Crippen LogP contribution in [0.3, 0.4) is 0 Å². The van der Waals surface area contributed by atoms with E-state index in [4.69, 9.17) is 0 Å². The first-order valence-corrected chi connectivity index (χ1v) is 8.87. The van der Waals surface area contributed by atoms with E-state index < -0.39 is 0 Å². The molecule has 0 saturated carbocycles. The molecule has 0 saturated heterocycles. The van der Waals surface area contributed by atoms with Gasteiger partial charge in [0, 0.05) is 24.7 Å². The number of imidazole rings is 1. The molecule has 0 spiro atoms. The lowest BCUT2D eigenvalue weighted by atomic mass is 10.1. The molecule has 136 valence electrons. The van der Waals surface area contributed by atoms with Crippen molar-refractivity contribution in [2.75, 3.05) is 5.32 Å². The van der Waals surface area contributed by atoms with Gasteiger partial charge in [0.15, 0.2) is 0 Å². The van der Waals surface area contributed by atoms with Gasteiger partial charge in [0.1, 0.15) is 0 Å². The number of anilines is 1. The standard InChI is InChI=1S/C20H24N4O2/c1-3-15-6-4-5-7-16(15)22-19(25)10-13(2)21-12-14-8-9-17-18(11-14)24-20(26)23-17/h4-9,11,13,21H,3,10,12H2,1-2H3,(H,22,25)(H2,23,24,26). The predicted molar refractivity (Wildman–Crippen MR) is 104 cm³/mol. The Hall–Kier alpha value is -2.86. The van der Waals surface area contributed by atoms with E-state index in [1.54, 1.807) is 0 Å². The van der Waals surface area contributed by atoms with Gasteiger partial charge in [0.25, 0.3) is 0 Å². The van der Waals surface area contributed by atoms with Crippen molar-refractivity contribution in [3.63, 3.8) is 0 Å². The van der Waals surface area contributed by atoms with Gasteiger partial charge in [-0.1, -0.05) is 31.2 Å². The topological polar surface area (TPSA) is 89.8 Å². The van der Waals surface area contributed by atoms with Crippen LogP contribution in [0.4, 0.5) is 5.69 Å². The smallest absolute Gasteiger partial charge is 0.323 e. The SMILES string of the molecule is CCc1ccccc1NC(=O)CC(C)NCc1ccc2[nH]c(=O)[nH]c2c1. The van der Waals surface area contributed by atoms with Crippen molar-refractivity contribution in [3.8, 4) is 0 Å². The zero-order valence-electron chi connectivity index (χ0n) is 15.1. The average Bonchev–Trinajstić information content (AvgIpc) is 2.99. The molecule has 6 nitrogen and oxygen atoms in total. The van der Waals surface area contributed by atoms with Crippen molar-refractivity contribution in [2.45, 2.75) is 39.3 Å². The highest BCUT2D eigenvalue weighted by molar-refractivity contribution is 5.91. The fourth-order valence-electron chi connectivity index (χ4n) is 2.98. The summed E-state index contributed by atoms with van der Waals surface area (Å²) in [5.74, 6) is -0.00341. The van der Waals surface area contributed by atoms with E-state index in [0.717, 1.165) is 34.3 Å². The molecule has 1 atom stereocenters. The summed E-state index contributed by atoms with van der Waals surface area (Å²) in [5.41, 5.74) is 4.44. The minimum Gasteiger partial charge on any atom is -0.326 e. The Labute approximate surface area is 152 Å². The van der Waals surface area contributed by atoms with Gasteiger partial charge in [0.05, 0.1) is 11.0 Å². The van der Waals surface area contributed by atoms with E-state index in [0.29, 0.717) is 13.0 Å². The fraction of sp³-hybridized carbons (Fsp3) is 0.300. The first kappa shape index (κ1) is 17.9. The van der Waals surface area contributed by atoms with Gasteiger partial charge in [-0.2, -0.15) is 0 Å². The highest BCUT2D eigenvalue weighted by Crippen LogP contribution is 2.16. The van der Waals surface area contributed by atoms with Crippen LogP contribution in [0.2, 0.25) is 0 Å². The number of nitrogens with one attached hydrogen (secondary N) is 4. The van der Waals surface area contributed by atoms with E-state index in [9.17, 15) is 9.59 Å². The Morgan fingerprint density at radius 1 is 1.12 bits per heavy atom. The number of fused-ring (bicyclic) bond motifs is 1. The molecule has 0 bridgehead atoms. The van der Waals surface area contributed by atoms with E-state index in [1.807, 2.05) is 49.4 Å². The van der Waals surface area contributed by atoms with E-state index >= 15 is 0 Å². The third kappa shape index (κ3) is 4.40. The Balaban J connectivity index is 1.53. The van der Waals surface area contributed by atoms with Crippen LogP contribution in [0.5, 0.6) is 0 Å². The summed E-state index contributed by atoms with van der Waals surface area (Å²) in [6.45, 7) is 4.69. The molecule has 1 unspecified atom stereocenters. The highest BCUT2D eigenvalue weighted by atomic mass is 16.1. The van der Waals surface area contributed by atoms with Gasteiger partial charge in [0.2, 0.25) is 5.91 Å². The molecule has 0 aliphatic heterocycles. The number of aromatic amines is 2. The average molecular weight is 352 g/mol. The van der Waals surface area contributed by atoms with Crippen molar-refractivity contribution in [2.24, 2.45) is 0 Å². The van der Waals surface area contributed by atoms with Gasteiger partial charge in [-0.25, -0.2) is 4.79 Å². The van der Waals surface area contributed by atoms with E-state index in [1.165, 1.54) is 0 Å². The third-order valence-electron chi connectivity index (χ3n) is 4.40. The van der Waals surface area contributed by atoms with Crippen LogP contribution >= 0.6 is 0 Å². The van der Waals surface area contributed by atoms with Crippen molar-refractivity contribution >= 4 is 22.6 Å². The van der Waals surface area contributed by atoms with Gasteiger partial charge >= 0.3 is 5.69 Å². The van der Waals surface area contributed by atoms with Crippen LogP contribution in [0.1, 0.15) is 31.4 Å². The Morgan fingerprint density at radius 2 is 1.88 bits per heavy atom. The van der Waals surface area contributed by atoms with Crippen molar-refractivity contribution < 1.29 is 4.79 Å². The van der Waals surface area contributed by atoms with Crippen molar-refractivity contribution in [1.29, 1.82) is 0 Å². The molecule has 0 aliphatic carbocycles. The van der Waals surface area contributed by atoms with Gasteiger partial charge in [-0.05, 0) is 42.7 Å². The number of aryl methyl sites for hydroxylation is 1. The minimum atomic E-state index is -0.206. The summed E-state index contributed by atoms with van der Waals surface area (Å²) < 4.78 is 0. The summed E-state index contributed by atoms with van der Waals surface area (Å²) in [4.78, 5) is 29.1. The first-order chi connectivity index (χ1) is 12.5. The number of carbonyl (C=O) groups excluding carboxylic acids is 1. The molecule has 26 heavy (non-hydrogen) atoms. The molecule has 6 heteroatoms. The number of benzene rings is 2. The number of hydrogen-bond acceptors (Lipinski definition) is 3. The maximum Gasteiger partial charge on any atom is 0.323 e. The maximum absolute atomic E-state index is 12.3. The molecule has 3 rings (SSSR count). The van der Waals surface area contributed by atoms with E-state index in [-0.39, 0.29) is 17.6 Å². The first-order valence-electron chi connectivity index (χ1n) is 8.87. The summed E-state index contributed by atoms with van der Waals surface area (Å²) in [7, 11) is 0. The number of carbonyl (C=O) groups is 1. The van der Waals surface area contributed by atoms with Crippen LogP contribution < -0.4 is 16.3 Å². The minimum absolute atomic E-state index is 0.00341. The molecule has 1 heterocycles. The number of para-hydroxylation sites is 1. The highest BCUT2D eigenvalue weighted by Gasteiger charge is 2.11. The summed E-state index contributed by atoms with van der Waals surface area (Å²) in [6.07, 6.45) is 1.27. The van der Waals surface area contributed by atoms with Gasteiger partial charge < -0.3 is 20.6 Å². The second-order valence-electron chi connectivity index (χ2n) is 6.50. The molecule has 2 aromatic carbocycles. The van der Waals surface area contributed by atoms with E-state index in [2.05, 4.69) is 27.5 Å². The third-order valence-corrected chi connectivity index (χ3v) is 4.40. The number of rotatable bonds is 7. The monoisotopic (exact) mass is 352 g/mol. The lowest BCUT2D eigenvalue weighted by molar-refractivity contribution is -0.116. The molecule has 0 aliphatic rings. The zero-order valence-corrected chi connectivity index (χ0v) is 15.1. The molecular formula is C20H24N4O2. The fourth-order valence-corrected chi connectivity index (χ4v) is 2.98. The molecule has 0 fully saturated rings. The van der Waals surface area contributed by atoms with Crippen LogP contribution in [-0.4, -0.2) is 21.9 Å². The number of amides is 1. The molecule has 1 amide bonds. The van der Waals surface area contributed by atoms with Crippen LogP contribution in [-0.2, 0) is 17.8 Å². The second-order valence-corrected chi connectivity index (χ2v) is 6.50. The summed E-state index contributed by atoms with van der Waals surface area (Å²) in [6, 6.07) is 13.7. The van der Waals surface area contributed by atoms with Crippen molar-refractivity contribution in [3.05, 3.63) is 64.1 Å². The number of aromatic nitrogens is 2. The quantitative estimate of drug-likeness (QED) is 0.527. The van der Waals surface area contributed by atoms with Crippen LogP contribution in [0.15, 0.2) is 47.3 Å². The second kappa shape index (κ2) is 8.01. The largest absolute Gasteiger partial charge is 0.326 e. The number of hydrogen-bond donors (Lipinski definition) is 4. The summed E-state index contributed by atoms with van der Waals surface area (Å²) >= 11 is 0. The molecular weight excluding hydrogens is 328 g/mol. The normalized spacial score (nSPS) is 12.2. The lowest BCUT2D eigenvalue weighted by Gasteiger charge is -2.15. The predicted octanol–water partition coefficient (Wildman–Crippen LogP) is 2.93. The Kier molecular flexibility index (Phi) is 5.53. The van der Waals surface area contributed by atoms with Crippen LogP contribution in [0, 0.1) is 0 Å². The molecule has 3 aromatic rings. The van der Waals surface area contributed by atoms with Gasteiger partial charge in [-0.15, -0.1) is 0 Å². The number of H-pyrrole nitrogens is 2. The maximum atomic E-state index is 12.3. The zero-order chi connectivity index (χ0) is 18.5. The van der Waals surface area contributed by atoms with Crippen LogP contribution in [0.25, 0.3) is 11.0 Å².